The maximum atomic E-state index is 11.3. The molecular weight excluding hydrogens is 212 g/mol. The first-order valence-electron chi connectivity index (χ1n) is 4.29. The van der Waals surface area contributed by atoms with Crippen molar-refractivity contribution in [3.8, 4) is 11.8 Å². The number of nitro groups is 1. The molecule has 6 nitrogen and oxygen atoms in total. The summed E-state index contributed by atoms with van der Waals surface area (Å²) in [5.41, 5.74) is -0.718. The standard InChI is InChI=1S/C10H8N2O4/c1-6(13)10-7(5-11)8(12(14)15)3-4-9(10)16-2/h3-4H,1-2H3. The number of nitriles is 1. The van der Waals surface area contributed by atoms with Gasteiger partial charge in [-0.2, -0.15) is 5.26 Å². The highest BCUT2D eigenvalue weighted by Crippen LogP contribution is 2.29. The topological polar surface area (TPSA) is 93.2 Å². The van der Waals surface area contributed by atoms with Crippen LogP contribution in [0.3, 0.4) is 0 Å². The van der Waals surface area contributed by atoms with E-state index >= 15 is 0 Å². The molecule has 6 heteroatoms. The predicted molar refractivity (Wildman–Crippen MR) is 54.4 cm³/mol. The molecule has 0 amide bonds. The summed E-state index contributed by atoms with van der Waals surface area (Å²) in [5, 5.41) is 19.5. The van der Waals surface area contributed by atoms with Crippen molar-refractivity contribution in [2.75, 3.05) is 7.11 Å². The summed E-state index contributed by atoms with van der Waals surface area (Å²) in [4.78, 5) is 21.3. The van der Waals surface area contributed by atoms with Gasteiger partial charge in [-0.15, -0.1) is 0 Å². The quantitative estimate of drug-likeness (QED) is 0.438. The molecule has 0 saturated heterocycles. The predicted octanol–water partition coefficient (Wildman–Crippen LogP) is 1.68. The molecule has 0 radical (unpaired) electrons. The minimum Gasteiger partial charge on any atom is -0.496 e. The highest BCUT2D eigenvalue weighted by atomic mass is 16.6. The molecule has 0 saturated carbocycles. The fourth-order valence-electron chi connectivity index (χ4n) is 1.36. The van der Waals surface area contributed by atoms with Crippen LogP contribution in [0, 0.1) is 21.4 Å². The summed E-state index contributed by atoms with van der Waals surface area (Å²) in [5.74, 6) is -0.285. The Morgan fingerprint density at radius 2 is 2.19 bits per heavy atom. The van der Waals surface area contributed by atoms with Crippen LogP contribution < -0.4 is 4.74 Å². The fraction of sp³-hybridized carbons (Fsp3) is 0.200. The Balaban J connectivity index is 3.64. The Morgan fingerprint density at radius 3 is 2.56 bits per heavy atom. The zero-order valence-corrected chi connectivity index (χ0v) is 8.68. The lowest BCUT2D eigenvalue weighted by atomic mass is 10.0. The van der Waals surface area contributed by atoms with Crippen LogP contribution in [0.2, 0.25) is 0 Å². The molecule has 1 rings (SSSR count). The lowest BCUT2D eigenvalue weighted by Crippen LogP contribution is -2.04. The van der Waals surface area contributed by atoms with Crippen LogP contribution in [0.1, 0.15) is 22.8 Å². The van der Waals surface area contributed by atoms with Gasteiger partial charge in [0.1, 0.15) is 17.4 Å². The number of ether oxygens (including phenoxy) is 1. The molecule has 0 atom stereocenters. The van der Waals surface area contributed by atoms with Crippen LogP contribution in [0.25, 0.3) is 0 Å². The van der Waals surface area contributed by atoms with Crippen molar-refractivity contribution in [1.82, 2.24) is 0 Å². The number of benzene rings is 1. The monoisotopic (exact) mass is 220 g/mol. The van der Waals surface area contributed by atoms with Gasteiger partial charge in [0.25, 0.3) is 5.69 Å². The van der Waals surface area contributed by atoms with E-state index in [1.165, 1.54) is 20.1 Å². The van der Waals surface area contributed by atoms with Gasteiger partial charge in [-0.25, -0.2) is 0 Å². The van der Waals surface area contributed by atoms with Crippen LogP contribution in [0.15, 0.2) is 12.1 Å². The van der Waals surface area contributed by atoms with E-state index in [2.05, 4.69) is 0 Å². The molecule has 0 unspecified atom stereocenters. The molecule has 0 aromatic heterocycles. The first kappa shape index (κ1) is 11.7. The fourth-order valence-corrected chi connectivity index (χ4v) is 1.36. The molecule has 0 spiro atoms. The van der Waals surface area contributed by atoms with Gasteiger partial charge in [-0.3, -0.25) is 14.9 Å². The second-order valence-corrected chi connectivity index (χ2v) is 2.96. The SMILES string of the molecule is COc1ccc([N+](=O)[O-])c(C#N)c1C(C)=O. The first-order chi connectivity index (χ1) is 7.52. The Hall–Kier alpha value is -2.42. The van der Waals surface area contributed by atoms with E-state index in [9.17, 15) is 14.9 Å². The van der Waals surface area contributed by atoms with Crippen molar-refractivity contribution >= 4 is 11.5 Å². The number of nitrogens with zero attached hydrogens (tertiary/aromatic N) is 2. The van der Waals surface area contributed by atoms with Gasteiger partial charge >= 0.3 is 0 Å². The molecule has 82 valence electrons. The second-order valence-electron chi connectivity index (χ2n) is 2.96. The molecule has 0 N–H and O–H groups in total. The van der Waals surface area contributed by atoms with Crippen LogP contribution in [-0.4, -0.2) is 17.8 Å². The minimum atomic E-state index is -0.704. The van der Waals surface area contributed by atoms with Gasteiger partial charge in [0.05, 0.1) is 17.6 Å². The molecule has 16 heavy (non-hydrogen) atoms. The lowest BCUT2D eigenvalue weighted by molar-refractivity contribution is -0.385. The molecule has 0 bridgehead atoms. The van der Waals surface area contributed by atoms with Crippen LogP contribution in [0.5, 0.6) is 5.75 Å². The van der Waals surface area contributed by atoms with E-state index < -0.39 is 16.4 Å². The molecule has 0 heterocycles. The molecule has 1 aromatic rings. The largest absolute Gasteiger partial charge is 0.496 e. The summed E-state index contributed by atoms with van der Waals surface area (Å²) in [6, 6.07) is 4.10. The second kappa shape index (κ2) is 4.40. The normalized spacial score (nSPS) is 9.31. The summed E-state index contributed by atoms with van der Waals surface area (Å²) in [7, 11) is 1.33. The van der Waals surface area contributed by atoms with Gasteiger partial charge < -0.3 is 4.74 Å². The maximum Gasteiger partial charge on any atom is 0.288 e. The number of hydrogen-bond donors (Lipinski definition) is 0. The average Bonchev–Trinajstić information content (AvgIpc) is 2.26. The van der Waals surface area contributed by atoms with E-state index in [1.807, 2.05) is 0 Å². The molecule has 0 aliphatic heterocycles. The number of hydrogen-bond acceptors (Lipinski definition) is 5. The third-order valence-electron chi connectivity index (χ3n) is 2.03. The molecule has 1 aromatic carbocycles. The minimum absolute atomic E-state index is 0.0563. The zero-order valence-electron chi connectivity index (χ0n) is 8.68. The zero-order chi connectivity index (χ0) is 12.3. The van der Waals surface area contributed by atoms with Gasteiger partial charge in [-0.1, -0.05) is 0 Å². The van der Waals surface area contributed by atoms with Gasteiger partial charge in [0.2, 0.25) is 0 Å². The maximum absolute atomic E-state index is 11.3. The van der Waals surface area contributed by atoms with Crippen LogP contribution >= 0.6 is 0 Å². The lowest BCUT2D eigenvalue weighted by Gasteiger charge is -2.07. The van der Waals surface area contributed by atoms with Gasteiger partial charge in [0, 0.05) is 6.07 Å². The Labute approximate surface area is 91.2 Å². The van der Waals surface area contributed by atoms with Crippen molar-refractivity contribution in [2.45, 2.75) is 6.92 Å². The molecule has 0 fully saturated rings. The summed E-state index contributed by atoms with van der Waals surface area (Å²) in [6.45, 7) is 1.22. The van der Waals surface area contributed by atoms with E-state index in [-0.39, 0.29) is 16.9 Å². The van der Waals surface area contributed by atoms with E-state index in [1.54, 1.807) is 6.07 Å². The summed E-state index contributed by atoms with van der Waals surface area (Å²) < 4.78 is 4.89. The first-order valence-corrected chi connectivity index (χ1v) is 4.29. The Morgan fingerprint density at radius 1 is 1.56 bits per heavy atom. The highest BCUT2D eigenvalue weighted by molar-refractivity contribution is 6.00. The third-order valence-corrected chi connectivity index (χ3v) is 2.03. The number of rotatable bonds is 3. The Kier molecular flexibility index (Phi) is 3.20. The Bertz CT molecular complexity index is 502. The van der Waals surface area contributed by atoms with Crippen LogP contribution in [0.4, 0.5) is 5.69 Å². The van der Waals surface area contributed by atoms with Gasteiger partial charge in [0.15, 0.2) is 5.78 Å². The van der Waals surface area contributed by atoms with E-state index in [4.69, 9.17) is 10.00 Å². The van der Waals surface area contributed by atoms with E-state index in [0.717, 1.165) is 6.07 Å². The smallest absolute Gasteiger partial charge is 0.288 e. The van der Waals surface area contributed by atoms with Crippen molar-refractivity contribution in [3.05, 3.63) is 33.4 Å². The molecular formula is C10H8N2O4. The number of nitro benzene ring substituents is 1. The van der Waals surface area contributed by atoms with E-state index in [0.29, 0.717) is 0 Å². The number of ketones is 1. The number of carbonyl (C=O) groups excluding carboxylic acids is 1. The molecule has 0 aliphatic rings. The molecule has 0 aliphatic carbocycles. The summed E-state index contributed by atoms with van der Waals surface area (Å²) >= 11 is 0. The van der Waals surface area contributed by atoms with Crippen LogP contribution in [-0.2, 0) is 0 Å². The van der Waals surface area contributed by atoms with Crippen molar-refractivity contribution in [2.24, 2.45) is 0 Å². The third kappa shape index (κ3) is 1.83. The van der Waals surface area contributed by atoms with Gasteiger partial charge in [-0.05, 0) is 13.0 Å². The van der Waals surface area contributed by atoms with Crippen molar-refractivity contribution < 1.29 is 14.5 Å². The average molecular weight is 220 g/mol. The highest BCUT2D eigenvalue weighted by Gasteiger charge is 2.23. The number of carbonyl (C=O) groups is 1. The van der Waals surface area contributed by atoms with Crippen molar-refractivity contribution in [3.63, 3.8) is 0 Å². The number of Topliss-reactive ketones (excluding diaryl/α,β-unsaturated/α-hetero) is 1. The summed E-state index contributed by atoms with van der Waals surface area (Å²) in [6.07, 6.45) is 0. The van der Waals surface area contributed by atoms with Crippen molar-refractivity contribution in [1.29, 1.82) is 5.26 Å². The number of methoxy groups -OCH3 is 1.